The lowest BCUT2D eigenvalue weighted by atomic mass is 9.84. The number of methoxy groups -OCH3 is 1. The van der Waals surface area contributed by atoms with Gasteiger partial charge in [0.15, 0.2) is 0 Å². The summed E-state index contributed by atoms with van der Waals surface area (Å²) in [6, 6.07) is 6.81. The minimum Gasteiger partial charge on any atom is -0.497 e. The minimum absolute atomic E-state index is 0.206. The van der Waals surface area contributed by atoms with Crippen molar-refractivity contribution in [3.63, 3.8) is 0 Å². The standard InChI is InChI=1S/C15H18N2O4/c1-15(2,10-4-6-11(21-3)7-5-10)9-17-13(19)8-12(18)16-14(17)20/h4-7H,8-9H2,1-3H3,(H,16,18,20). The van der Waals surface area contributed by atoms with Crippen LogP contribution < -0.4 is 10.1 Å². The molecule has 1 heterocycles. The molecule has 0 radical (unpaired) electrons. The van der Waals surface area contributed by atoms with Crippen LogP contribution in [0.25, 0.3) is 0 Å². The van der Waals surface area contributed by atoms with Gasteiger partial charge in [0.2, 0.25) is 11.8 Å². The summed E-state index contributed by atoms with van der Waals surface area (Å²) in [5.41, 5.74) is 0.542. The van der Waals surface area contributed by atoms with E-state index in [0.29, 0.717) is 0 Å². The van der Waals surface area contributed by atoms with Gasteiger partial charge >= 0.3 is 6.03 Å². The van der Waals surface area contributed by atoms with E-state index in [9.17, 15) is 14.4 Å². The maximum atomic E-state index is 11.8. The number of imide groups is 2. The molecule has 4 amide bonds. The van der Waals surface area contributed by atoms with Crippen molar-refractivity contribution in [2.45, 2.75) is 25.7 Å². The normalized spacial score (nSPS) is 16.0. The summed E-state index contributed by atoms with van der Waals surface area (Å²) in [6.45, 7) is 4.08. The van der Waals surface area contributed by atoms with Crippen LogP contribution in [-0.4, -0.2) is 36.4 Å². The maximum Gasteiger partial charge on any atom is 0.330 e. The van der Waals surface area contributed by atoms with Crippen LogP contribution in [0.15, 0.2) is 24.3 Å². The summed E-state index contributed by atoms with van der Waals surface area (Å²) >= 11 is 0. The lowest BCUT2D eigenvalue weighted by molar-refractivity contribution is -0.136. The SMILES string of the molecule is COc1ccc(C(C)(C)CN2C(=O)CC(=O)NC2=O)cc1. The van der Waals surface area contributed by atoms with Gasteiger partial charge in [-0.15, -0.1) is 0 Å². The van der Waals surface area contributed by atoms with Gasteiger partial charge in [0.05, 0.1) is 7.11 Å². The quantitative estimate of drug-likeness (QED) is 0.851. The van der Waals surface area contributed by atoms with Crippen molar-refractivity contribution in [2.24, 2.45) is 0 Å². The average Bonchev–Trinajstić information content (AvgIpc) is 2.43. The minimum atomic E-state index is -0.655. The van der Waals surface area contributed by atoms with Gasteiger partial charge in [-0.1, -0.05) is 26.0 Å². The topological polar surface area (TPSA) is 75.7 Å². The smallest absolute Gasteiger partial charge is 0.330 e. The lowest BCUT2D eigenvalue weighted by Gasteiger charge is -2.33. The molecule has 0 unspecified atom stereocenters. The third kappa shape index (κ3) is 3.21. The first-order valence-corrected chi connectivity index (χ1v) is 6.62. The summed E-state index contributed by atoms with van der Waals surface area (Å²) < 4.78 is 5.11. The molecule has 1 saturated heterocycles. The molecule has 0 aromatic heterocycles. The van der Waals surface area contributed by atoms with Crippen molar-refractivity contribution in [3.05, 3.63) is 29.8 Å². The first-order chi connectivity index (χ1) is 9.83. The van der Waals surface area contributed by atoms with Gasteiger partial charge in [-0.25, -0.2) is 4.79 Å². The second-order valence-corrected chi connectivity index (χ2v) is 5.62. The second-order valence-electron chi connectivity index (χ2n) is 5.62. The zero-order valence-corrected chi connectivity index (χ0v) is 12.3. The first kappa shape index (κ1) is 15.0. The number of barbiturate groups is 1. The number of hydrogen-bond acceptors (Lipinski definition) is 4. The molecule has 0 aliphatic carbocycles. The van der Waals surface area contributed by atoms with E-state index in [1.54, 1.807) is 7.11 Å². The molecular formula is C15H18N2O4. The van der Waals surface area contributed by atoms with Gasteiger partial charge in [0, 0.05) is 12.0 Å². The Morgan fingerprint density at radius 1 is 1.19 bits per heavy atom. The summed E-state index contributed by atoms with van der Waals surface area (Å²) in [6.07, 6.45) is -0.287. The highest BCUT2D eigenvalue weighted by atomic mass is 16.5. The molecule has 0 spiro atoms. The van der Waals surface area contributed by atoms with E-state index in [4.69, 9.17) is 4.74 Å². The first-order valence-electron chi connectivity index (χ1n) is 6.62. The number of benzene rings is 1. The number of rotatable bonds is 4. The van der Waals surface area contributed by atoms with Gasteiger partial charge in [-0.3, -0.25) is 19.8 Å². The third-order valence-corrected chi connectivity index (χ3v) is 3.53. The molecule has 1 aliphatic heterocycles. The molecule has 0 atom stereocenters. The zero-order chi connectivity index (χ0) is 15.6. The molecular weight excluding hydrogens is 272 g/mol. The number of carbonyl (C=O) groups is 3. The Balaban J connectivity index is 2.17. The molecule has 0 bridgehead atoms. The highest BCUT2D eigenvalue weighted by molar-refractivity contribution is 6.14. The Bertz CT molecular complexity index is 558. The van der Waals surface area contributed by atoms with Crippen molar-refractivity contribution < 1.29 is 19.1 Å². The van der Waals surface area contributed by atoms with Crippen LogP contribution in [0.5, 0.6) is 5.75 Å². The Hall–Kier alpha value is -2.37. The maximum absolute atomic E-state index is 11.8. The summed E-state index contributed by atoms with van der Waals surface area (Å²) in [4.78, 5) is 35.9. The highest BCUT2D eigenvalue weighted by Crippen LogP contribution is 2.27. The molecule has 6 nitrogen and oxygen atoms in total. The lowest BCUT2D eigenvalue weighted by Crippen LogP contribution is -2.55. The Morgan fingerprint density at radius 2 is 1.81 bits per heavy atom. The summed E-state index contributed by atoms with van der Waals surface area (Å²) in [7, 11) is 1.59. The van der Waals surface area contributed by atoms with Crippen molar-refractivity contribution in [1.82, 2.24) is 10.2 Å². The molecule has 21 heavy (non-hydrogen) atoms. The fraction of sp³-hybridized carbons (Fsp3) is 0.400. The van der Waals surface area contributed by atoms with E-state index in [2.05, 4.69) is 5.32 Å². The fourth-order valence-electron chi connectivity index (χ4n) is 2.27. The van der Waals surface area contributed by atoms with E-state index in [0.717, 1.165) is 16.2 Å². The van der Waals surface area contributed by atoms with E-state index in [-0.39, 0.29) is 13.0 Å². The largest absolute Gasteiger partial charge is 0.497 e. The van der Waals surface area contributed by atoms with Crippen LogP contribution in [0, 0.1) is 0 Å². The molecule has 2 rings (SSSR count). The monoisotopic (exact) mass is 290 g/mol. The Kier molecular flexibility index (Phi) is 3.97. The van der Waals surface area contributed by atoms with Gasteiger partial charge < -0.3 is 4.74 Å². The van der Waals surface area contributed by atoms with E-state index >= 15 is 0 Å². The van der Waals surface area contributed by atoms with Crippen molar-refractivity contribution in [2.75, 3.05) is 13.7 Å². The van der Waals surface area contributed by atoms with Crippen LogP contribution in [-0.2, 0) is 15.0 Å². The molecule has 1 aromatic carbocycles. The zero-order valence-electron chi connectivity index (χ0n) is 12.3. The van der Waals surface area contributed by atoms with E-state index in [1.165, 1.54) is 0 Å². The van der Waals surface area contributed by atoms with E-state index in [1.807, 2.05) is 38.1 Å². The van der Waals surface area contributed by atoms with Gasteiger partial charge in [0.1, 0.15) is 12.2 Å². The molecule has 6 heteroatoms. The average molecular weight is 290 g/mol. The fourth-order valence-corrected chi connectivity index (χ4v) is 2.27. The molecule has 1 aliphatic rings. The Labute approximate surface area is 123 Å². The number of ether oxygens (including phenoxy) is 1. The van der Waals surface area contributed by atoms with Crippen LogP contribution in [0.3, 0.4) is 0 Å². The predicted octanol–water partition coefficient (Wildman–Crippen LogP) is 1.44. The molecule has 112 valence electrons. The number of amides is 4. The predicted molar refractivity (Wildman–Crippen MR) is 75.9 cm³/mol. The van der Waals surface area contributed by atoms with Gasteiger partial charge in [0.25, 0.3) is 0 Å². The number of urea groups is 1. The van der Waals surface area contributed by atoms with Gasteiger partial charge in [-0.2, -0.15) is 0 Å². The number of carbonyl (C=O) groups excluding carboxylic acids is 3. The summed E-state index contributed by atoms with van der Waals surface area (Å²) in [5, 5.41) is 2.16. The summed E-state index contributed by atoms with van der Waals surface area (Å²) in [5.74, 6) is -0.277. The highest BCUT2D eigenvalue weighted by Gasteiger charge is 2.35. The molecule has 0 saturated carbocycles. The van der Waals surface area contributed by atoms with Crippen molar-refractivity contribution in [1.29, 1.82) is 0 Å². The van der Waals surface area contributed by atoms with Crippen LogP contribution in [0.1, 0.15) is 25.8 Å². The van der Waals surface area contributed by atoms with Crippen molar-refractivity contribution in [3.8, 4) is 5.75 Å². The Morgan fingerprint density at radius 3 is 2.33 bits per heavy atom. The molecule has 1 N–H and O–H groups in total. The van der Waals surface area contributed by atoms with Crippen LogP contribution in [0.4, 0.5) is 4.79 Å². The van der Waals surface area contributed by atoms with E-state index < -0.39 is 23.3 Å². The van der Waals surface area contributed by atoms with Gasteiger partial charge in [-0.05, 0) is 17.7 Å². The van der Waals surface area contributed by atoms with Crippen LogP contribution in [0.2, 0.25) is 0 Å². The number of nitrogens with one attached hydrogen (secondary N) is 1. The molecule has 1 aromatic rings. The molecule has 1 fully saturated rings. The second kappa shape index (κ2) is 5.55. The number of nitrogens with zero attached hydrogens (tertiary/aromatic N) is 1. The number of hydrogen-bond donors (Lipinski definition) is 1. The van der Waals surface area contributed by atoms with Crippen molar-refractivity contribution >= 4 is 17.8 Å². The van der Waals surface area contributed by atoms with Crippen LogP contribution >= 0.6 is 0 Å². The third-order valence-electron chi connectivity index (χ3n) is 3.53.